The van der Waals surface area contributed by atoms with Crippen LogP contribution in [0.25, 0.3) is 11.0 Å². The van der Waals surface area contributed by atoms with Crippen LogP contribution in [0.3, 0.4) is 0 Å². The van der Waals surface area contributed by atoms with E-state index in [9.17, 15) is 14.4 Å². The lowest BCUT2D eigenvalue weighted by Gasteiger charge is -2.22. The van der Waals surface area contributed by atoms with Gasteiger partial charge in [-0.2, -0.15) is 0 Å². The van der Waals surface area contributed by atoms with Crippen molar-refractivity contribution in [3.63, 3.8) is 0 Å². The smallest absolute Gasteiger partial charge is 0.332 e. The normalized spacial score (nSPS) is 11.0. The van der Waals surface area contributed by atoms with Crippen molar-refractivity contribution in [2.24, 2.45) is 19.8 Å². The first-order chi connectivity index (χ1) is 13.4. The zero-order valence-electron chi connectivity index (χ0n) is 16.0. The maximum atomic E-state index is 13.1. The summed E-state index contributed by atoms with van der Waals surface area (Å²) in [4.78, 5) is 43.6. The highest BCUT2D eigenvalue weighted by Crippen LogP contribution is 2.12. The number of nitrogens with two attached hydrogens (primary N) is 1. The molecule has 0 aliphatic rings. The molecule has 0 saturated heterocycles. The second-order valence-corrected chi connectivity index (χ2v) is 6.63. The van der Waals surface area contributed by atoms with Crippen LogP contribution in [0.1, 0.15) is 22.5 Å². The van der Waals surface area contributed by atoms with Crippen LogP contribution >= 0.6 is 0 Å². The van der Waals surface area contributed by atoms with Crippen LogP contribution in [0.15, 0.2) is 52.1 Å². The van der Waals surface area contributed by atoms with Gasteiger partial charge in [0.15, 0.2) is 0 Å². The van der Waals surface area contributed by atoms with Crippen molar-refractivity contribution in [2.75, 3.05) is 13.1 Å². The van der Waals surface area contributed by atoms with Gasteiger partial charge in [-0.3, -0.25) is 18.7 Å². The third kappa shape index (κ3) is 3.72. The first kappa shape index (κ1) is 19.5. The number of nitrogens with zero attached hydrogens (tertiary/aromatic N) is 4. The van der Waals surface area contributed by atoms with Gasteiger partial charge in [-0.25, -0.2) is 9.78 Å². The van der Waals surface area contributed by atoms with Crippen LogP contribution in [0.4, 0.5) is 0 Å². The fraction of sp³-hybridized carbons (Fsp3) is 0.300. The fourth-order valence-electron chi connectivity index (χ4n) is 3.07. The Morgan fingerprint density at radius 1 is 1.07 bits per heavy atom. The summed E-state index contributed by atoms with van der Waals surface area (Å²) in [5.41, 5.74) is 6.07. The van der Waals surface area contributed by atoms with E-state index < -0.39 is 11.2 Å². The number of amides is 1. The predicted octanol–water partition coefficient (Wildman–Crippen LogP) is 0.623. The number of carbonyl (C=O) groups is 1. The molecule has 2 heterocycles. The number of fused-ring (bicyclic) bond motifs is 1. The van der Waals surface area contributed by atoms with E-state index in [1.807, 2.05) is 30.3 Å². The van der Waals surface area contributed by atoms with Gasteiger partial charge >= 0.3 is 5.69 Å². The number of rotatable bonds is 6. The number of pyridine rings is 1. The van der Waals surface area contributed by atoms with Crippen LogP contribution in [0.2, 0.25) is 0 Å². The van der Waals surface area contributed by atoms with Crippen LogP contribution in [-0.4, -0.2) is 38.0 Å². The molecule has 0 aliphatic heterocycles. The summed E-state index contributed by atoms with van der Waals surface area (Å²) in [6.07, 6.45) is 0.658. The quantitative estimate of drug-likeness (QED) is 0.674. The topological polar surface area (TPSA) is 103 Å². The zero-order valence-corrected chi connectivity index (χ0v) is 16.0. The minimum absolute atomic E-state index is 0.184. The van der Waals surface area contributed by atoms with Crippen LogP contribution < -0.4 is 17.0 Å². The Kier molecular flexibility index (Phi) is 5.70. The molecule has 0 bridgehead atoms. The number of hydrogen-bond acceptors (Lipinski definition) is 5. The Labute approximate surface area is 161 Å². The van der Waals surface area contributed by atoms with Gasteiger partial charge in [0.05, 0.1) is 5.39 Å². The predicted molar refractivity (Wildman–Crippen MR) is 107 cm³/mol. The maximum Gasteiger partial charge on any atom is 0.332 e. The first-order valence-corrected chi connectivity index (χ1v) is 9.04. The fourth-order valence-corrected chi connectivity index (χ4v) is 3.07. The Hall–Kier alpha value is -3.26. The second kappa shape index (κ2) is 8.18. The molecule has 0 fully saturated rings. The molecule has 2 N–H and O–H groups in total. The molecule has 0 saturated carbocycles. The second-order valence-electron chi connectivity index (χ2n) is 6.63. The van der Waals surface area contributed by atoms with E-state index in [-0.39, 0.29) is 22.6 Å². The highest BCUT2D eigenvalue weighted by Gasteiger charge is 2.19. The molecule has 1 aromatic carbocycles. The minimum Gasteiger partial charge on any atom is -0.333 e. The van der Waals surface area contributed by atoms with Gasteiger partial charge in [0.1, 0.15) is 11.3 Å². The lowest BCUT2D eigenvalue weighted by Crippen LogP contribution is -2.38. The van der Waals surface area contributed by atoms with Crippen molar-refractivity contribution < 1.29 is 4.79 Å². The average Bonchev–Trinajstić information content (AvgIpc) is 2.73. The third-order valence-electron chi connectivity index (χ3n) is 4.66. The monoisotopic (exact) mass is 381 g/mol. The van der Waals surface area contributed by atoms with E-state index in [1.165, 1.54) is 24.7 Å². The van der Waals surface area contributed by atoms with E-state index >= 15 is 0 Å². The molecule has 8 nitrogen and oxygen atoms in total. The van der Waals surface area contributed by atoms with E-state index in [0.29, 0.717) is 26.1 Å². The SMILES string of the molecule is Cn1c(=O)c2ccc(C(=O)N(CCCN)Cc3ccccc3)nc2n(C)c1=O. The van der Waals surface area contributed by atoms with Gasteiger partial charge in [0.2, 0.25) is 0 Å². The number of aromatic nitrogens is 3. The van der Waals surface area contributed by atoms with E-state index in [4.69, 9.17) is 5.73 Å². The van der Waals surface area contributed by atoms with Crippen LogP contribution in [0, 0.1) is 0 Å². The lowest BCUT2D eigenvalue weighted by atomic mass is 10.2. The average molecular weight is 381 g/mol. The Morgan fingerprint density at radius 3 is 2.46 bits per heavy atom. The van der Waals surface area contributed by atoms with Gasteiger partial charge < -0.3 is 10.6 Å². The largest absolute Gasteiger partial charge is 0.333 e. The van der Waals surface area contributed by atoms with Gasteiger partial charge in [-0.15, -0.1) is 0 Å². The van der Waals surface area contributed by atoms with Crippen LogP contribution in [0.5, 0.6) is 0 Å². The minimum atomic E-state index is -0.487. The molecule has 0 radical (unpaired) electrons. The molecule has 0 aliphatic carbocycles. The van der Waals surface area contributed by atoms with Gasteiger partial charge in [0, 0.05) is 27.2 Å². The third-order valence-corrected chi connectivity index (χ3v) is 4.66. The Bertz CT molecular complexity index is 1120. The molecule has 2 aromatic heterocycles. The summed E-state index contributed by atoms with van der Waals surface area (Å²) in [7, 11) is 2.94. The Balaban J connectivity index is 2.01. The number of benzene rings is 1. The molecule has 0 unspecified atom stereocenters. The summed E-state index contributed by atoms with van der Waals surface area (Å²) in [5, 5.41) is 0.290. The van der Waals surface area contributed by atoms with Crippen LogP contribution in [-0.2, 0) is 20.6 Å². The highest BCUT2D eigenvalue weighted by molar-refractivity contribution is 5.94. The van der Waals surface area contributed by atoms with E-state index in [1.54, 1.807) is 11.0 Å². The molecular formula is C20H23N5O3. The Morgan fingerprint density at radius 2 is 1.79 bits per heavy atom. The molecule has 0 atom stereocenters. The van der Waals surface area contributed by atoms with Gasteiger partial charge in [0.25, 0.3) is 11.5 Å². The van der Waals surface area contributed by atoms with Crippen molar-refractivity contribution >= 4 is 16.9 Å². The van der Waals surface area contributed by atoms with Crippen molar-refractivity contribution in [1.29, 1.82) is 0 Å². The van der Waals surface area contributed by atoms with E-state index in [0.717, 1.165) is 10.1 Å². The highest BCUT2D eigenvalue weighted by atomic mass is 16.2. The zero-order chi connectivity index (χ0) is 20.3. The standard InChI is InChI=1S/C20H23N5O3/c1-23-17-15(18(26)24(2)20(23)28)9-10-16(22-17)19(27)25(12-6-11-21)13-14-7-4-3-5-8-14/h3-5,7-10H,6,11-13,21H2,1-2H3. The number of carbonyl (C=O) groups excluding carboxylic acids is 1. The molecule has 3 aromatic rings. The summed E-state index contributed by atoms with van der Waals surface area (Å²) in [5.74, 6) is -0.271. The maximum absolute atomic E-state index is 13.1. The van der Waals surface area contributed by atoms with Gasteiger partial charge in [-0.1, -0.05) is 30.3 Å². The molecule has 8 heteroatoms. The first-order valence-electron chi connectivity index (χ1n) is 9.04. The molecule has 28 heavy (non-hydrogen) atoms. The molecular weight excluding hydrogens is 358 g/mol. The lowest BCUT2D eigenvalue weighted by molar-refractivity contribution is 0.0736. The summed E-state index contributed by atoms with van der Waals surface area (Å²) in [6.45, 7) is 1.38. The van der Waals surface area contributed by atoms with Crippen molar-refractivity contribution in [3.8, 4) is 0 Å². The summed E-state index contributed by atoms with van der Waals surface area (Å²) in [6, 6.07) is 12.7. The van der Waals surface area contributed by atoms with Crippen molar-refractivity contribution in [2.45, 2.75) is 13.0 Å². The van der Waals surface area contributed by atoms with Crippen molar-refractivity contribution in [3.05, 3.63) is 74.6 Å². The molecule has 1 amide bonds. The van der Waals surface area contributed by atoms with E-state index in [2.05, 4.69) is 4.98 Å². The number of aryl methyl sites for hydroxylation is 1. The molecule has 146 valence electrons. The molecule has 3 rings (SSSR count). The summed E-state index contributed by atoms with van der Waals surface area (Å²) >= 11 is 0. The van der Waals surface area contributed by atoms with Gasteiger partial charge in [-0.05, 0) is 30.7 Å². The molecule has 0 spiro atoms. The number of hydrogen-bond donors (Lipinski definition) is 1. The van der Waals surface area contributed by atoms with Crippen molar-refractivity contribution in [1.82, 2.24) is 19.0 Å². The summed E-state index contributed by atoms with van der Waals surface area (Å²) < 4.78 is 2.30.